The molecule has 12 heteroatoms. The number of amides is 2. The Balaban J connectivity index is 1.60. The van der Waals surface area contributed by atoms with E-state index >= 15 is 0 Å². The van der Waals surface area contributed by atoms with Crippen LogP contribution in [0.3, 0.4) is 0 Å². The van der Waals surface area contributed by atoms with E-state index in [1.165, 1.54) is 40.2 Å². The number of hydrogen-bond donors (Lipinski definition) is 1. The summed E-state index contributed by atoms with van der Waals surface area (Å²) < 4.78 is 10.8. The Hall–Kier alpha value is -1.98. The molecule has 2 aromatic carbocycles. The van der Waals surface area contributed by atoms with Crippen LogP contribution in [0.5, 0.6) is 5.75 Å². The fourth-order valence-corrected chi connectivity index (χ4v) is 7.39. The molecule has 0 radical (unpaired) electrons. The average molecular weight is 614 g/mol. The second-order valence-electron chi connectivity index (χ2n) is 8.40. The van der Waals surface area contributed by atoms with Gasteiger partial charge in [0.1, 0.15) is 29.5 Å². The predicted molar refractivity (Wildman–Crippen MR) is 155 cm³/mol. The number of alkyl halides is 2. The summed E-state index contributed by atoms with van der Waals surface area (Å²) in [5.74, 6) is 0.930. The first-order valence-electron chi connectivity index (χ1n) is 11.6. The molecule has 2 aliphatic rings. The smallest absolute Gasteiger partial charge is 0.356 e. The molecule has 202 valence electrons. The van der Waals surface area contributed by atoms with Crippen molar-refractivity contribution < 1.29 is 23.9 Å². The summed E-state index contributed by atoms with van der Waals surface area (Å²) in [4.78, 5) is 41.8. The summed E-state index contributed by atoms with van der Waals surface area (Å²) in [6.45, 7) is 0.0371. The van der Waals surface area contributed by atoms with E-state index < -0.39 is 12.0 Å². The molecule has 0 bridgehead atoms. The minimum atomic E-state index is -0.683. The molecule has 2 heterocycles. The molecular formula is C26H26Cl2N2O5S3. The minimum Gasteiger partial charge on any atom is -0.497 e. The van der Waals surface area contributed by atoms with Gasteiger partial charge in [-0.05, 0) is 41.1 Å². The van der Waals surface area contributed by atoms with Gasteiger partial charge in [0.25, 0.3) is 5.91 Å². The van der Waals surface area contributed by atoms with Gasteiger partial charge in [0.05, 0.1) is 12.9 Å². The van der Waals surface area contributed by atoms with Crippen LogP contribution in [0.25, 0.3) is 0 Å². The molecule has 1 N–H and O–H groups in total. The Bertz CT molecular complexity index is 1240. The van der Waals surface area contributed by atoms with Gasteiger partial charge >= 0.3 is 5.97 Å². The molecule has 2 atom stereocenters. The number of benzene rings is 2. The second-order valence-corrected chi connectivity index (χ2v) is 12.0. The number of nitrogens with zero attached hydrogens (tertiary/aromatic N) is 1. The largest absolute Gasteiger partial charge is 0.497 e. The van der Waals surface area contributed by atoms with E-state index in [9.17, 15) is 14.4 Å². The van der Waals surface area contributed by atoms with E-state index in [0.717, 1.165) is 21.6 Å². The number of ether oxygens (including phenoxy) is 2. The lowest BCUT2D eigenvalue weighted by atomic mass is 10.1. The molecule has 0 aliphatic carbocycles. The molecule has 7 nitrogen and oxygen atoms in total. The van der Waals surface area contributed by atoms with Gasteiger partial charge in [-0.1, -0.05) is 36.0 Å². The van der Waals surface area contributed by atoms with Crippen LogP contribution >= 0.6 is 58.5 Å². The van der Waals surface area contributed by atoms with Crippen molar-refractivity contribution in [2.45, 2.75) is 34.7 Å². The Labute approximate surface area is 244 Å². The third-order valence-corrected chi connectivity index (χ3v) is 9.72. The lowest BCUT2D eigenvalue weighted by Crippen LogP contribution is -2.70. The van der Waals surface area contributed by atoms with Crippen LogP contribution in [0.15, 0.2) is 58.0 Å². The van der Waals surface area contributed by atoms with Crippen molar-refractivity contribution >= 4 is 76.3 Å². The maximum Gasteiger partial charge on any atom is 0.356 e. The summed E-state index contributed by atoms with van der Waals surface area (Å²) in [7, 11) is 1.58. The summed E-state index contributed by atoms with van der Waals surface area (Å²) in [5, 5.41) is 2.41. The van der Waals surface area contributed by atoms with Crippen molar-refractivity contribution in [1.82, 2.24) is 10.2 Å². The van der Waals surface area contributed by atoms with Crippen molar-refractivity contribution in [3.8, 4) is 5.75 Å². The van der Waals surface area contributed by atoms with E-state index in [-0.39, 0.29) is 41.1 Å². The highest BCUT2D eigenvalue weighted by molar-refractivity contribution is 8.06. The maximum atomic E-state index is 13.5. The second kappa shape index (κ2) is 13.4. The first-order chi connectivity index (χ1) is 18.4. The topological polar surface area (TPSA) is 84.9 Å². The molecule has 38 heavy (non-hydrogen) atoms. The molecule has 0 spiro atoms. The number of esters is 1. The number of methoxy groups -OCH3 is 1. The highest BCUT2D eigenvalue weighted by Gasteiger charge is 2.54. The van der Waals surface area contributed by atoms with Crippen molar-refractivity contribution in [3.05, 3.63) is 69.8 Å². The van der Waals surface area contributed by atoms with Crippen LogP contribution in [-0.2, 0) is 37.5 Å². The number of halogens is 2. The molecule has 1 fully saturated rings. The number of thioether (sulfide) groups is 3. The van der Waals surface area contributed by atoms with Gasteiger partial charge in [-0.15, -0.1) is 35.0 Å². The summed E-state index contributed by atoms with van der Waals surface area (Å²) in [6, 6.07) is 12.3. The van der Waals surface area contributed by atoms with Gasteiger partial charge in [0, 0.05) is 27.3 Å². The van der Waals surface area contributed by atoms with Crippen LogP contribution < -0.4 is 10.1 Å². The molecule has 0 aromatic heterocycles. The Morgan fingerprint density at radius 1 is 1.13 bits per heavy atom. The van der Waals surface area contributed by atoms with Gasteiger partial charge in [0.2, 0.25) is 5.91 Å². The standard InChI is InChI=1S/C26H26Cl2N2O5S3/c1-34-18-6-3-15(4-7-18)12-35-26(33)23-20(38-19-8-5-16(10-27)9-17(19)11-28)13-37-25-22(24(32)30(23)25)29-21(31)14-36-2/h3-9,22,25H,10-14H2,1-2H3,(H,29,31)/t22-,25-/m1/s1. The van der Waals surface area contributed by atoms with Crippen molar-refractivity contribution in [2.24, 2.45) is 0 Å². The fourth-order valence-electron chi connectivity index (χ4n) is 4.00. The van der Waals surface area contributed by atoms with Gasteiger partial charge < -0.3 is 14.8 Å². The van der Waals surface area contributed by atoms with Gasteiger partial charge in [0.15, 0.2) is 0 Å². The molecular weight excluding hydrogens is 587 g/mol. The summed E-state index contributed by atoms with van der Waals surface area (Å²) in [6.07, 6.45) is 1.82. The molecule has 0 saturated carbocycles. The van der Waals surface area contributed by atoms with E-state index in [4.69, 9.17) is 32.7 Å². The Morgan fingerprint density at radius 2 is 1.87 bits per heavy atom. The molecule has 2 aromatic rings. The van der Waals surface area contributed by atoms with Gasteiger partial charge in [-0.2, -0.15) is 11.8 Å². The number of hydrogen-bond acceptors (Lipinski definition) is 8. The number of β-lactam (4-membered cyclic amide) rings is 1. The third kappa shape index (κ3) is 6.42. The molecule has 4 rings (SSSR count). The number of rotatable bonds is 11. The third-order valence-electron chi connectivity index (χ3n) is 5.90. The first kappa shape index (κ1) is 29.0. The van der Waals surface area contributed by atoms with E-state index in [1.807, 2.05) is 36.6 Å². The highest BCUT2D eigenvalue weighted by atomic mass is 35.5. The molecule has 2 amide bonds. The molecule has 0 unspecified atom stereocenters. The average Bonchev–Trinajstić information content (AvgIpc) is 2.94. The number of carbonyl (C=O) groups is 3. The number of nitrogens with one attached hydrogen (secondary N) is 1. The minimum absolute atomic E-state index is 0.0371. The van der Waals surface area contributed by atoms with Gasteiger partial charge in [-0.25, -0.2) is 4.79 Å². The SMILES string of the molecule is COc1ccc(COC(=O)C2=C(Sc3ccc(CCl)cc3CCl)CS[C@@H]3[C@H](NC(=O)CSC)C(=O)N23)cc1. The number of fused-ring (bicyclic) bond motifs is 1. The van der Waals surface area contributed by atoms with Crippen molar-refractivity contribution in [1.29, 1.82) is 0 Å². The Kier molecular flexibility index (Phi) is 10.2. The zero-order valence-electron chi connectivity index (χ0n) is 20.7. The van der Waals surface area contributed by atoms with Crippen LogP contribution in [-0.4, -0.2) is 59.0 Å². The normalized spacial score (nSPS) is 18.5. The van der Waals surface area contributed by atoms with Crippen LogP contribution in [0.2, 0.25) is 0 Å². The monoisotopic (exact) mass is 612 g/mol. The summed E-state index contributed by atoms with van der Waals surface area (Å²) in [5.41, 5.74) is 2.82. The van der Waals surface area contributed by atoms with Gasteiger partial charge in [-0.3, -0.25) is 14.5 Å². The zero-order valence-corrected chi connectivity index (χ0v) is 24.7. The van der Waals surface area contributed by atoms with Crippen LogP contribution in [0.4, 0.5) is 0 Å². The maximum absolute atomic E-state index is 13.5. The predicted octanol–water partition coefficient (Wildman–Crippen LogP) is 4.98. The van der Waals surface area contributed by atoms with Crippen molar-refractivity contribution in [2.75, 3.05) is 24.9 Å². The molecule has 2 aliphatic heterocycles. The van der Waals surface area contributed by atoms with E-state index in [1.54, 1.807) is 19.2 Å². The highest BCUT2D eigenvalue weighted by Crippen LogP contribution is 2.46. The Morgan fingerprint density at radius 3 is 2.53 bits per heavy atom. The van der Waals surface area contributed by atoms with Crippen LogP contribution in [0, 0.1) is 0 Å². The van der Waals surface area contributed by atoms with Crippen molar-refractivity contribution in [3.63, 3.8) is 0 Å². The molecule has 1 saturated heterocycles. The lowest BCUT2D eigenvalue weighted by Gasteiger charge is -2.49. The quantitative estimate of drug-likeness (QED) is 0.216. The van der Waals surface area contributed by atoms with E-state index in [0.29, 0.717) is 22.3 Å². The first-order valence-corrected chi connectivity index (χ1v) is 15.9. The van der Waals surface area contributed by atoms with E-state index in [2.05, 4.69) is 5.32 Å². The van der Waals surface area contributed by atoms with Crippen LogP contribution in [0.1, 0.15) is 16.7 Å². The zero-order chi connectivity index (χ0) is 27.2. The number of carbonyl (C=O) groups excluding carboxylic acids is 3. The fraction of sp³-hybridized carbons (Fsp3) is 0.346. The lowest BCUT2D eigenvalue weighted by molar-refractivity contribution is -0.153. The summed E-state index contributed by atoms with van der Waals surface area (Å²) >= 11 is 16.5.